The van der Waals surface area contributed by atoms with E-state index in [1.165, 1.54) is 0 Å². The maximum Gasteiger partial charge on any atom is 0.171 e. The van der Waals surface area contributed by atoms with Crippen LogP contribution in [0, 0.1) is 0 Å². The van der Waals surface area contributed by atoms with E-state index < -0.39 is 0 Å². The van der Waals surface area contributed by atoms with Gasteiger partial charge >= 0.3 is 0 Å². The molecule has 0 fully saturated rings. The Bertz CT molecular complexity index is 326. The molecule has 0 unspecified atom stereocenters. The zero-order valence-corrected chi connectivity index (χ0v) is 8.81. The number of fused-ring (bicyclic) bond motifs is 1. The van der Waals surface area contributed by atoms with Crippen molar-refractivity contribution in [2.24, 2.45) is 0 Å². The average molecular weight is 212 g/mol. The normalized spacial score (nSPS) is 16.4. The van der Waals surface area contributed by atoms with Crippen molar-refractivity contribution < 1.29 is 9.94 Å². The smallest absolute Gasteiger partial charge is 0.171 e. The lowest BCUT2D eigenvalue weighted by atomic mass is 10.3. The fourth-order valence-corrected chi connectivity index (χ4v) is 1.79. The summed E-state index contributed by atoms with van der Waals surface area (Å²) in [6, 6.07) is 1.86. The summed E-state index contributed by atoms with van der Waals surface area (Å²) in [4.78, 5) is 2.31. The largest absolute Gasteiger partial charge is 0.383 e. The minimum atomic E-state index is 0.513. The first kappa shape index (κ1) is 10.4. The lowest BCUT2D eigenvalue weighted by molar-refractivity contribution is 0.129. The Morgan fingerprint density at radius 2 is 2.47 bits per heavy atom. The molecule has 2 rings (SSSR count). The predicted molar refractivity (Wildman–Crippen MR) is 54.8 cm³/mol. The summed E-state index contributed by atoms with van der Waals surface area (Å²) in [5.41, 5.74) is 3.19. The number of nitrogens with one attached hydrogen (secondary N) is 1. The Kier molecular flexibility index (Phi) is 3.20. The van der Waals surface area contributed by atoms with Gasteiger partial charge in [0.2, 0.25) is 0 Å². The minimum Gasteiger partial charge on any atom is -0.383 e. The Morgan fingerprint density at radius 1 is 1.60 bits per heavy atom. The fourth-order valence-electron chi connectivity index (χ4n) is 1.79. The Morgan fingerprint density at radius 3 is 3.20 bits per heavy atom. The standard InChI is InChI=1S/C9H16N4O2/c1-15-5-4-12-2-3-13-8(7-12)6-9(10-13)11-14/h6,14H,2-5,7H2,1H3,(H,10,11). The number of hydrogen-bond donors (Lipinski definition) is 2. The molecule has 6 heteroatoms. The molecule has 0 aliphatic carbocycles. The molecule has 0 atom stereocenters. The summed E-state index contributed by atoms with van der Waals surface area (Å²) in [6.45, 7) is 4.38. The van der Waals surface area contributed by atoms with Gasteiger partial charge in [0.15, 0.2) is 5.82 Å². The molecule has 1 aliphatic heterocycles. The maximum atomic E-state index is 8.73. The molecule has 1 aromatic heterocycles. The van der Waals surface area contributed by atoms with Crippen molar-refractivity contribution in [2.75, 3.05) is 32.3 Å². The molecular formula is C9H16N4O2. The summed E-state index contributed by atoms with van der Waals surface area (Å²) >= 11 is 0. The van der Waals surface area contributed by atoms with Crippen LogP contribution in [-0.2, 0) is 17.8 Å². The maximum absolute atomic E-state index is 8.73. The van der Waals surface area contributed by atoms with Gasteiger partial charge in [-0.05, 0) is 0 Å². The zero-order chi connectivity index (χ0) is 10.7. The molecule has 0 saturated carbocycles. The monoisotopic (exact) mass is 212 g/mol. The van der Waals surface area contributed by atoms with Gasteiger partial charge in [-0.2, -0.15) is 5.10 Å². The van der Waals surface area contributed by atoms with Crippen molar-refractivity contribution in [1.29, 1.82) is 0 Å². The number of anilines is 1. The Labute approximate surface area is 88.4 Å². The van der Waals surface area contributed by atoms with Gasteiger partial charge in [-0.15, -0.1) is 0 Å². The molecule has 0 radical (unpaired) electrons. The second-order valence-electron chi connectivity index (χ2n) is 3.62. The summed E-state index contributed by atoms with van der Waals surface area (Å²) in [6.07, 6.45) is 0. The number of methoxy groups -OCH3 is 1. The van der Waals surface area contributed by atoms with Crippen LogP contribution in [0.5, 0.6) is 0 Å². The van der Waals surface area contributed by atoms with Crippen LogP contribution in [0.15, 0.2) is 6.07 Å². The van der Waals surface area contributed by atoms with Gasteiger partial charge in [0.25, 0.3) is 0 Å². The quantitative estimate of drug-likeness (QED) is 0.695. The van der Waals surface area contributed by atoms with Crippen molar-refractivity contribution >= 4 is 5.82 Å². The van der Waals surface area contributed by atoms with Gasteiger partial charge in [-0.25, -0.2) is 0 Å². The number of hydrogen-bond acceptors (Lipinski definition) is 5. The third kappa shape index (κ3) is 2.28. The van der Waals surface area contributed by atoms with E-state index in [9.17, 15) is 0 Å². The molecule has 15 heavy (non-hydrogen) atoms. The fraction of sp³-hybridized carbons (Fsp3) is 0.667. The molecule has 6 nitrogen and oxygen atoms in total. The highest BCUT2D eigenvalue weighted by Crippen LogP contribution is 2.15. The number of rotatable bonds is 4. The molecular weight excluding hydrogens is 196 g/mol. The van der Waals surface area contributed by atoms with E-state index in [4.69, 9.17) is 9.94 Å². The van der Waals surface area contributed by atoms with Crippen molar-refractivity contribution in [3.05, 3.63) is 11.8 Å². The van der Waals surface area contributed by atoms with Crippen molar-refractivity contribution in [2.45, 2.75) is 13.1 Å². The number of ether oxygens (including phenoxy) is 1. The first-order valence-electron chi connectivity index (χ1n) is 5.01. The van der Waals surface area contributed by atoms with Gasteiger partial charge in [0.05, 0.1) is 18.8 Å². The van der Waals surface area contributed by atoms with Crippen LogP contribution in [0.3, 0.4) is 0 Å². The van der Waals surface area contributed by atoms with E-state index in [1.807, 2.05) is 10.7 Å². The summed E-state index contributed by atoms with van der Waals surface area (Å²) < 4.78 is 6.96. The highest BCUT2D eigenvalue weighted by Gasteiger charge is 2.17. The minimum absolute atomic E-state index is 0.513. The van der Waals surface area contributed by atoms with Crippen LogP contribution in [-0.4, -0.2) is 46.7 Å². The SMILES string of the molecule is COCCN1CCn2nc(NO)cc2C1. The lowest BCUT2D eigenvalue weighted by Gasteiger charge is -2.26. The van der Waals surface area contributed by atoms with E-state index in [0.29, 0.717) is 5.82 Å². The third-order valence-electron chi connectivity index (χ3n) is 2.60. The van der Waals surface area contributed by atoms with Crippen LogP contribution in [0.25, 0.3) is 0 Å². The lowest BCUT2D eigenvalue weighted by Crippen LogP contribution is -2.35. The molecule has 0 bridgehead atoms. The van der Waals surface area contributed by atoms with E-state index >= 15 is 0 Å². The first-order chi connectivity index (χ1) is 7.33. The molecule has 84 valence electrons. The molecule has 0 saturated heterocycles. The molecule has 2 N–H and O–H groups in total. The molecule has 1 aromatic rings. The molecule has 2 heterocycles. The topological polar surface area (TPSA) is 62.5 Å². The van der Waals surface area contributed by atoms with Crippen molar-refractivity contribution in [1.82, 2.24) is 14.7 Å². The van der Waals surface area contributed by atoms with Gasteiger partial charge in [0, 0.05) is 32.8 Å². The van der Waals surface area contributed by atoms with Crippen LogP contribution < -0.4 is 5.48 Å². The first-order valence-corrected chi connectivity index (χ1v) is 5.01. The average Bonchev–Trinajstić information content (AvgIpc) is 2.68. The second kappa shape index (κ2) is 4.61. The predicted octanol–water partition coefficient (Wildman–Crippen LogP) is 0.146. The molecule has 0 aromatic carbocycles. The second-order valence-corrected chi connectivity index (χ2v) is 3.62. The van der Waals surface area contributed by atoms with E-state index in [0.717, 1.165) is 38.5 Å². The highest BCUT2D eigenvalue weighted by molar-refractivity contribution is 5.33. The highest BCUT2D eigenvalue weighted by atomic mass is 16.5. The van der Waals surface area contributed by atoms with Gasteiger partial charge in [-0.1, -0.05) is 0 Å². The zero-order valence-electron chi connectivity index (χ0n) is 8.81. The molecule has 1 aliphatic rings. The van der Waals surface area contributed by atoms with Crippen molar-refractivity contribution in [3.8, 4) is 0 Å². The Hall–Kier alpha value is -1.11. The number of aromatic nitrogens is 2. The van der Waals surface area contributed by atoms with Crippen LogP contribution in [0.2, 0.25) is 0 Å². The van der Waals surface area contributed by atoms with Crippen LogP contribution in [0.1, 0.15) is 5.69 Å². The van der Waals surface area contributed by atoms with E-state index in [-0.39, 0.29) is 0 Å². The summed E-state index contributed by atoms with van der Waals surface area (Å²) in [5.74, 6) is 0.513. The van der Waals surface area contributed by atoms with Crippen LogP contribution in [0.4, 0.5) is 5.82 Å². The van der Waals surface area contributed by atoms with Gasteiger partial charge < -0.3 is 4.74 Å². The van der Waals surface area contributed by atoms with Gasteiger partial charge in [0.1, 0.15) is 0 Å². The van der Waals surface area contributed by atoms with Gasteiger partial charge in [-0.3, -0.25) is 20.3 Å². The molecule has 0 amide bonds. The Balaban J connectivity index is 1.99. The summed E-state index contributed by atoms with van der Waals surface area (Å²) in [7, 11) is 1.71. The van der Waals surface area contributed by atoms with Crippen LogP contribution >= 0.6 is 0 Å². The third-order valence-corrected chi connectivity index (χ3v) is 2.60. The van der Waals surface area contributed by atoms with E-state index in [2.05, 4.69) is 15.5 Å². The van der Waals surface area contributed by atoms with Crippen molar-refractivity contribution in [3.63, 3.8) is 0 Å². The summed E-state index contributed by atoms with van der Waals surface area (Å²) in [5, 5.41) is 12.9. The number of nitrogens with zero attached hydrogens (tertiary/aromatic N) is 3. The van der Waals surface area contributed by atoms with E-state index in [1.54, 1.807) is 7.11 Å². The molecule has 0 spiro atoms.